The molecule has 2 aliphatic heterocycles. The van der Waals surface area contributed by atoms with E-state index in [0.29, 0.717) is 30.0 Å². The van der Waals surface area contributed by atoms with Crippen molar-refractivity contribution in [2.24, 2.45) is 5.92 Å². The van der Waals surface area contributed by atoms with Crippen LogP contribution in [0.4, 0.5) is 4.39 Å². The van der Waals surface area contributed by atoms with Gasteiger partial charge in [-0.2, -0.15) is 0 Å². The Hall–Kier alpha value is -3.00. The topological polar surface area (TPSA) is 70.1 Å². The molecule has 1 atom stereocenters. The second-order valence-electron chi connectivity index (χ2n) is 9.09. The standard InChI is InChI=1S/C27H27FN2O4.ClH/c28-20-7-9-22(10-8-20)34-17-21(31)16-29-13-11-18(12-14-29)15-30-26(32)23-5-1-3-19-4-2-6-24(25(19)23)27(30)33;/h1-10,18,21,31H,11-17H2;1H. The summed E-state index contributed by atoms with van der Waals surface area (Å²) in [7, 11) is 0. The fourth-order valence-corrected chi connectivity index (χ4v) is 4.93. The summed E-state index contributed by atoms with van der Waals surface area (Å²) in [4.78, 5) is 29.8. The number of hydrogen-bond acceptors (Lipinski definition) is 5. The molecule has 3 aromatic rings. The fourth-order valence-electron chi connectivity index (χ4n) is 4.93. The zero-order chi connectivity index (χ0) is 23.7. The Kier molecular flexibility index (Phi) is 7.69. The van der Waals surface area contributed by atoms with Gasteiger partial charge in [0.25, 0.3) is 11.8 Å². The third-order valence-corrected chi connectivity index (χ3v) is 6.73. The van der Waals surface area contributed by atoms with Crippen LogP contribution < -0.4 is 4.74 Å². The molecule has 1 N–H and O–H groups in total. The number of ether oxygens (including phenoxy) is 1. The lowest BCUT2D eigenvalue weighted by molar-refractivity contribution is 0.0453. The van der Waals surface area contributed by atoms with E-state index < -0.39 is 6.10 Å². The number of hydrogen-bond donors (Lipinski definition) is 1. The summed E-state index contributed by atoms with van der Waals surface area (Å²) >= 11 is 0. The fraction of sp³-hybridized carbons (Fsp3) is 0.333. The molecule has 3 aromatic carbocycles. The first kappa shape index (κ1) is 25.1. The predicted octanol–water partition coefficient (Wildman–Crippen LogP) is 4.15. The Balaban J connectivity index is 0.00000289. The molecule has 0 saturated carbocycles. The van der Waals surface area contributed by atoms with Gasteiger partial charge in [0, 0.05) is 29.6 Å². The van der Waals surface area contributed by atoms with Gasteiger partial charge in [-0.3, -0.25) is 14.5 Å². The average Bonchev–Trinajstić information content (AvgIpc) is 2.85. The van der Waals surface area contributed by atoms with E-state index in [0.717, 1.165) is 36.7 Å². The van der Waals surface area contributed by atoms with Gasteiger partial charge in [0.05, 0.1) is 0 Å². The minimum absolute atomic E-state index is 0. The van der Waals surface area contributed by atoms with Crippen molar-refractivity contribution in [3.05, 3.63) is 77.6 Å². The predicted molar refractivity (Wildman–Crippen MR) is 134 cm³/mol. The number of rotatable bonds is 7. The van der Waals surface area contributed by atoms with E-state index in [4.69, 9.17) is 4.74 Å². The quantitative estimate of drug-likeness (QED) is 0.496. The van der Waals surface area contributed by atoms with E-state index in [1.165, 1.54) is 29.2 Å². The molecule has 184 valence electrons. The van der Waals surface area contributed by atoms with E-state index in [2.05, 4.69) is 4.90 Å². The van der Waals surface area contributed by atoms with Crippen molar-refractivity contribution in [2.75, 3.05) is 32.8 Å². The smallest absolute Gasteiger partial charge is 0.261 e. The van der Waals surface area contributed by atoms with Gasteiger partial charge < -0.3 is 14.7 Å². The molecular formula is C27H28ClFN2O4. The van der Waals surface area contributed by atoms with Gasteiger partial charge in [0.2, 0.25) is 0 Å². The number of aliphatic hydroxyl groups excluding tert-OH is 1. The molecule has 35 heavy (non-hydrogen) atoms. The lowest BCUT2D eigenvalue weighted by atomic mass is 9.91. The number of aliphatic hydroxyl groups is 1. The molecule has 2 heterocycles. The highest BCUT2D eigenvalue weighted by atomic mass is 35.5. The van der Waals surface area contributed by atoms with Crippen LogP contribution in [0.3, 0.4) is 0 Å². The molecule has 1 unspecified atom stereocenters. The van der Waals surface area contributed by atoms with Crippen molar-refractivity contribution >= 4 is 35.0 Å². The Morgan fingerprint density at radius 1 is 0.943 bits per heavy atom. The summed E-state index contributed by atoms with van der Waals surface area (Å²) < 4.78 is 18.5. The van der Waals surface area contributed by atoms with E-state index in [9.17, 15) is 19.1 Å². The lowest BCUT2D eigenvalue weighted by Crippen LogP contribution is -2.46. The van der Waals surface area contributed by atoms with Crippen LogP contribution in [0.15, 0.2) is 60.7 Å². The number of nitrogens with zero attached hydrogens (tertiary/aromatic N) is 2. The number of amides is 2. The minimum Gasteiger partial charge on any atom is -0.491 e. The van der Waals surface area contributed by atoms with E-state index in [1.54, 1.807) is 12.1 Å². The van der Waals surface area contributed by atoms with Crippen LogP contribution in [0.1, 0.15) is 33.6 Å². The van der Waals surface area contributed by atoms with Crippen molar-refractivity contribution in [2.45, 2.75) is 18.9 Å². The van der Waals surface area contributed by atoms with E-state index >= 15 is 0 Å². The number of piperidine rings is 1. The van der Waals surface area contributed by atoms with Crippen LogP contribution in [0.2, 0.25) is 0 Å². The maximum atomic E-state index is 13.1. The third-order valence-electron chi connectivity index (χ3n) is 6.73. The molecule has 0 aromatic heterocycles. The van der Waals surface area contributed by atoms with Gasteiger partial charge in [-0.15, -0.1) is 12.4 Å². The van der Waals surface area contributed by atoms with Gasteiger partial charge >= 0.3 is 0 Å². The molecule has 8 heteroatoms. The first-order valence-electron chi connectivity index (χ1n) is 11.7. The van der Waals surface area contributed by atoms with Crippen LogP contribution in [0.25, 0.3) is 10.8 Å². The summed E-state index contributed by atoms with van der Waals surface area (Å²) in [6.07, 6.45) is 1.02. The van der Waals surface area contributed by atoms with Gasteiger partial charge in [0.15, 0.2) is 0 Å². The Morgan fingerprint density at radius 2 is 1.54 bits per heavy atom. The first-order valence-corrected chi connectivity index (χ1v) is 11.7. The zero-order valence-electron chi connectivity index (χ0n) is 19.2. The second kappa shape index (κ2) is 10.7. The average molecular weight is 499 g/mol. The zero-order valence-corrected chi connectivity index (χ0v) is 20.0. The van der Waals surface area contributed by atoms with Gasteiger partial charge in [-0.25, -0.2) is 4.39 Å². The van der Waals surface area contributed by atoms with Crippen molar-refractivity contribution in [1.82, 2.24) is 9.80 Å². The van der Waals surface area contributed by atoms with Crippen LogP contribution in [0, 0.1) is 11.7 Å². The van der Waals surface area contributed by atoms with Crippen molar-refractivity contribution in [3.8, 4) is 5.75 Å². The number of benzene rings is 3. The monoisotopic (exact) mass is 498 g/mol. The number of halogens is 2. The van der Waals surface area contributed by atoms with Crippen molar-refractivity contribution in [1.29, 1.82) is 0 Å². The summed E-state index contributed by atoms with van der Waals surface area (Å²) in [6.45, 7) is 2.58. The molecule has 1 saturated heterocycles. The highest BCUT2D eigenvalue weighted by molar-refractivity contribution is 6.25. The van der Waals surface area contributed by atoms with E-state index in [1.807, 2.05) is 24.3 Å². The van der Waals surface area contributed by atoms with E-state index in [-0.39, 0.29) is 42.6 Å². The van der Waals surface area contributed by atoms with Gasteiger partial charge in [-0.1, -0.05) is 24.3 Å². The molecule has 1 fully saturated rings. The molecule has 2 aliphatic rings. The largest absolute Gasteiger partial charge is 0.491 e. The summed E-state index contributed by atoms with van der Waals surface area (Å²) in [5.41, 5.74) is 1.18. The SMILES string of the molecule is Cl.O=C1c2cccc3cccc(c23)C(=O)N1CC1CCN(CC(O)COc2ccc(F)cc2)CC1. The lowest BCUT2D eigenvalue weighted by Gasteiger charge is -2.36. The number of imide groups is 1. The maximum Gasteiger partial charge on any atom is 0.261 e. The maximum absolute atomic E-state index is 13.1. The van der Waals surface area contributed by atoms with Crippen LogP contribution in [-0.4, -0.2) is 65.6 Å². The molecule has 6 nitrogen and oxygen atoms in total. The molecule has 0 aliphatic carbocycles. The van der Waals surface area contributed by atoms with Crippen molar-refractivity contribution in [3.63, 3.8) is 0 Å². The first-order chi connectivity index (χ1) is 16.5. The Morgan fingerprint density at radius 3 is 2.14 bits per heavy atom. The normalized spacial score (nSPS) is 17.4. The van der Waals surface area contributed by atoms with Crippen LogP contribution in [0.5, 0.6) is 5.75 Å². The minimum atomic E-state index is -0.663. The van der Waals surface area contributed by atoms with Crippen LogP contribution >= 0.6 is 12.4 Å². The number of β-amino-alcohol motifs (C(OH)–C–C–N with tert-alkyl or cyclic N) is 1. The summed E-state index contributed by atoms with van der Waals surface area (Å²) in [5.74, 6) is -0.0197. The third kappa shape index (κ3) is 5.32. The number of carbonyl (C=O) groups excluding carboxylic acids is 2. The highest BCUT2D eigenvalue weighted by Gasteiger charge is 2.34. The van der Waals surface area contributed by atoms with Crippen molar-refractivity contribution < 1.29 is 23.8 Å². The molecule has 5 rings (SSSR count). The molecule has 0 radical (unpaired) electrons. The van der Waals surface area contributed by atoms with Gasteiger partial charge in [-0.05, 0) is 73.6 Å². The number of likely N-dealkylation sites (tertiary alicyclic amines) is 1. The summed E-state index contributed by atoms with van der Waals surface area (Å²) in [6, 6.07) is 16.9. The van der Waals surface area contributed by atoms with Crippen LogP contribution in [-0.2, 0) is 0 Å². The Bertz CT molecular complexity index is 1160. The second-order valence-corrected chi connectivity index (χ2v) is 9.09. The highest BCUT2D eigenvalue weighted by Crippen LogP contribution is 2.31. The molecular weight excluding hydrogens is 471 g/mol. The van der Waals surface area contributed by atoms with Gasteiger partial charge in [0.1, 0.15) is 24.3 Å². The molecule has 0 bridgehead atoms. The molecule has 0 spiro atoms. The summed E-state index contributed by atoms with van der Waals surface area (Å²) in [5, 5.41) is 12.0. The number of carbonyl (C=O) groups is 2. The Labute approximate surface area is 209 Å². The molecule has 2 amide bonds.